The number of rotatable bonds is 3. The van der Waals surface area contributed by atoms with Crippen molar-refractivity contribution < 1.29 is 0 Å². The molecule has 0 unspecified atom stereocenters. The molecule has 6 heteroatoms. The number of hydrogen-bond acceptors (Lipinski definition) is 4. The number of pyridine rings is 1. The van der Waals surface area contributed by atoms with Gasteiger partial charge >= 0.3 is 0 Å². The number of H-pyrrole nitrogens is 2. The number of hydrogen-bond donors (Lipinski definition) is 2. The summed E-state index contributed by atoms with van der Waals surface area (Å²) in [6.07, 6.45) is 3.42. The number of aromatic nitrogens is 6. The third-order valence-electron chi connectivity index (χ3n) is 3.44. The van der Waals surface area contributed by atoms with E-state index in [1.165, 1.54) is 5.56 Å². The lowest BCUT2D eigenvalue weighted by Crippen LogP contribution is -1.95. The van der Waals surface area contributed by atoms with Gasteiger partial charge in [-0.05, 0) is 36.6 Å². The molecule has 6 nitrogen and oxygen atoms in total. The highest BCUT2D eigenvalue weighted by Gasteiger charge is 2.06. The molecule has 0 bridgehead atoms. The zero-order valence-corrected chi connectivity index (χ0v) is 10.7. The molecular formula is C14H12N6. The van der Waals surface area contributed by atoms with E-state index in [1.54, 1.807) is 6.33 Å². The molecule has 4 aromatic rings. The molecule has 0 aliphatic carbocycles. The number of para-hydroxylation sites is 1. The number of nitrogens with zero attached hydrogens (tertiary/aromatic N) is 4. The predicted molar refractivity (Wildman–Crippen MR) is 75.2 cm³/mol. The minimum absolute atomic E-state index is 0.768. The molecule has 0 amide bonds. The van der Waals surface area contributed by atoms with E-state index in [-0.39, 0.29) is 0 Å². The largest absolute Gasteiger partial charge is 0.343 e. The van der Waals surface area contributed by atoms with Crippen LogP contribution in [0, 0.1) is 0 Å². The lowest BCUT2D eigenvalue weighted by atomic mass is 10.1. The van der Waals surface area contributed by atoms with Crippen LogP contribution in [-0.4, -0.2) is 30.4 Å². The van der Waals surface area contributed by atoms with Crippen LogP contribution < -0.4 is 0 Å². The van der Waals surface area contributed by atoms with Crippen LogP contribution in [0.5, 0.6) is 0 Å². The second-order valence-electron chi connectivity index (χ2n) is 4.70. The lowest BCUT2D eigenvalue weighted by Gasteiger charge is -2.02. The summed E-state index contributed by atoms with van der Waals surface area (Å²) in [5.41, 5.74) is 5.88. The Morgan fingerprint density at radius 3 is 3.05 bits per heavy atom. The minimum atomic E-state index is 0.768. The van der Waals surface area contributed by atoms with Gasteiger partial charge in [-0.2, -0.15) is 0 Å². The number of nitrogens with one attached hydrogen (secondary N) is 2. The summed E-state index contributed by atoms with van der Waals surface area (Å²) in [4.78, 5) is 11.8. The van der Waals surface area contributed by atoms with Crippen molar-refractivity contribution in [2.24, 2.45) is 0 Å². The van der Waals surface area contributed by atoms with E-state index in [0.717, 1.165) is 40.7 Å². The van der Waals surface area contributed by atoms with Crippen molar-refractivity contribution in [1.82, 2.24) is 30.4 Å². The Hall–Kier alpha value is -2.76. The molecule has 0 fully saturated rings. The summed E-state index contributed by atoms with van der Waals surface area (Å²) in [6.45, 7) is 0. The van der Waals surface area contributed by atoms with Crippen LogP contribution in [-0.2, 0) is 12.8 Å². The van der Waals surface area contributed by atoms with E-state index in [9.17, 15) is 0 Å². The molecule has 0 saturated carbocycles. The fraction of sp³-hybridized carbons (Fsp3) is 0.143. The van der Waals surface area contributed by atoms with Crippen LogP contribution >= 0.6 is 0 Å². The van der Waals surface area contributed by atoms with Gasteiger partial charge in [-0.3, -0.25) is 5.10 Å². The monoisotopic (exact) mass is 264 g/mol. The molecule has 1 aromatic carbocycles. The molecular weight excluding hydrogens is 252 g/mol. The van der Waals surface area contributed by atoms with Crippen molar-refractivity contribution in [2.75, 3.05) is 0 Å². The molecule has 4 rings (SSSR count). The first-order valence-corrected chi connectivity index (χ1v) is 6.48. The number of benzene rings is 1. The second-order valence-corrected chi connectivity index (χ2v) is 4.70. The first kappa shape index (κ1) is 11.1. The zero-order valence-electron chi connectivity index (χ0n) is 10.7. The average Bonchev–Trinajstić information content (AvgIpc) is 3.13. The predicted octanol–water partition coefficient (Wildman–Crippen LogP) is 2.01. The van der Waals surface area contributed by atoms with Crippen LogP contribution in [0.25, 0.3) is 22.2 Å². The van der Waals surface area contributed by atoms with Crippen LogP contribution in [0.2, 0.25) is 0 Å². The van der Waals surface area contributed by atoms with E-state index in [4.69, 9.17) is 0 Å². The molecule has 0 radical (unpaired) electrons. The Balaban J connectivity index is 1.61. The van der Waals surface area contributed by atoms with Crippen molar-refractivity contribution in [2.45, 2.75) is 12.8 Å². The van der Waals surface area contributed by atoms with Gasteiger partial charge in [-0.25, -0.2) is 9.97 Å². The maximum absolute atomic E-state index is 4.53. The molecule has 0 spiro atoms. The lowest BCUT2D eigenvalue weighted by molar-refractivity contribution is 0.917. The van der Waals surface area contributed by atoms with E-state index in [1.807, 2.05) is 24.3 Å². The molecule has 0 atom stereocenters. The zero-order chi connectivity index (χ0) is 13.4. The smallest absolute Gasteiger partial charge is 0.177 e. The van der Waals surface area contributed by atoms with Crippen molar-refractivity contribution in [3.8, 4) is 0 Å². The van der Waals surface area contributed by atoms with Crippen molar-refractivity contribution in [3.05, 3.63) is 47.9 Å². The van der Waals surface area contributed by atoms with Crippen LogP contribution in [0.4, 0.5) is 0 Å². The van der Waals surface area contributed by atoms with E-state index >= 15 is 0 Å². The maximum Gasteiger partial charge on any atom is 0.177 e. The van der Waals surface area contributed by atoms with Gasteiger partial charge in [0.15, 0.2) is 5.65 Å². The van der Waals surface area contributed by atoms with Gasteiger partial charge in [0.05, 0.1) is 17.4 Å². The molecule has 3 heterocycles. The van der Waals surface area contributed by atoms with Gasteiger partial charge in [0, 0.05) is 5.69 Å². The first-order chi connectivity index (χ1) is 9.90. The topological polar surface area (TPSA) is 83.1 Å². The fourth-order valence-corrected chi connectivity index (χ4v) is 2.40. The maximum atomic E-state index is 4.53. The second kappa shape index (κ2) is 4.41. The molecule has 0 saturated heterocycles. The summed E-state index contributed by atoms with van der Waals surface area (Å²) in [6, 6.07) is 10.1. The number of aryl methyl sites for hydroxylation is 2. The van der Waals surface area contributed by atoms with Crippen molar-refractivity contribution >= 4 is 22.2 Å². The Labute approximate surface area is 114 Å². The first-order valence-electron chi connectivity index (χ1n) is 6.48. The van der Waals surface area contributed by atoms with Crippen molar-refractivity contribution in [3.63, 3.8) is 0 Å². The Morgan fingerprint density at radius 1 is 1.05 bits per heavy atom. The van der Waals surface area contributed by atoms with Crippen LogP contribution in [0.3, 0.4) is 0 Å². The molecule has 3 aromatic heterocycles. The van der Waals surface area contributed by atoms with Crippen LogP contribution in [0.1, 0.15) is 11.3 Å². The normalized spacial score (nSPS) is 11.4. The Kier molecular flexibility index (Phi) is 2.45. The van der Waals surface area contributed by atoms with Gasteiger partial charge in [0.2, 0.25) is 0 Å². The Bertz CT molecular complexity index is 875. The number of aromatic amines is 2. The third-order valence-corrected chi connectivity index (χ3v) is 3.44. The third kappa shape index (κ3) is 1.82. The highest BCUT2D eigenvalue weighted by atomic mass is 15.3. The van der Waals surface area contributed by atoms with Gasteiger partial charge in [0.25, 0.3) is 0 Å². The van der Waals surface area contributed by atoms with Crippen molar-refractivity contribution in [1.29, 1.82) is 0 Å². The molecule has 20 heavy (non-hydrogen) atoms. The standard InChI is InChI=1S/C14H12N6/c1-2-9(13-11(3-1)18-20-19-13)4-5-10-6-7-12-14(17-10)16-8-15-12/h1-3,6-8H,4-5H2,(H,15,16,17)(H,18,19,20). The minimum Gasteiger partial charge on any atom is -0.343 e. The van der Waals surface area contributed by atoms with E-state index < -0.39 is 0 Å². The van der Waals surface area contributed by atoms with E-state index in [0.29, 0.717) is 0 Å². The summed E-state index contributed by atoms with van der Waals surface area (Å²) in [5, 5.41) is 10.8. The summed E-state index contributed by atoms with van der Waals surface area (Å²) in [7, 11) is 0. The van der Waals surface area contributed by atoms with Gasteiger partial charge in [0.1, 0.15) is 5.52 Å². The SMILES string of the molecule is c1cc(CCc2ccc3[nH]cnc3n2)c2[nH]nnc2c1. The van der Waals surface area contributed by atoms with E-state index in [2.05, 4.69) is 36.4 Å². The fourth-order valence-electron chi connectivity index (χ4n) is 2.40. The highest BCUT2D eigenvalue weighted by molar-refractivity contribution is 5.77. The van der Waals surface area contributed by atoms with Crippen LogP contribution in [0.15, 0.2) is 36.7 Å². The van der Waals surface area contributed by atoms with Gasteiger partial charge < -0.3 is 4.98 Å². The summed E-state index contributed by atoms with van der Waals surface area (Å²) < 4.78 is 0. The quantitative estimate of drug-likeness (QED) is 0.593. The summed E-state index contributed by atoms with van der Waals surface area (Å²) >= 11 is 0. The highest BCUT2D eigenvalue weighted by Crippen LogP contribution is 2.16. The number of fused-ring (bicyclic) bond motifs is 2. The molecule has 0 aliphatic rings. The average molecular weight is 264 g/mol. The Morgan fingerprint density at radius 2 is 2.05 bits per heavy atom. The molecule has 0 aliphatic heterocycles. The van der Waals surface area contributed by atoms with Gasteiger partial charge in [-0.15, -0.1) is 5.10 Å². The number of imidazole rings is 1. The van der Waals surface area contributed by atoms with Gasteiger partial charge in [-0.1, -0.05) is 17.3 Å². The summed E-state index contributed by atoms with van der Waals surface area (Å²) in [5.74, 6) is 0. The molecule has 98 valence electrons. The molecule has 2 N–H and O–H groups in total.